The maximum atomic E-state index is 13.0. The number of nitrogens with zero attached hydrogens (tertiary/aromatic N) is 2. The molecule has 2 aromatic carbocycles. The molecule has 138 valence electrons. The highest BCUT2D eigenvalue weighted by molar-refractivity contribution is 5.76. The van der Waals surface area contributed by atoms with Crippen molar-refractivity contribution >= 4 is 5.91 Å². The zero-order chi connectivity index (χ0) is 18.8. The number of rotatable bonds is 6. The molecule has 1 atom stereocenters. The lowest BCUT2D eigenvalue weighted by molar-refractivity contribution is -0.122. The highest BCUT2D eigenvalue weighted by Crippen LogP contribution is 2.40. The van der Waals surface area contributed by atoms with E-state index in [2.05, 4.69) is 10.4 Å². The third-order valence-corrected chi connectivity index (χ3v) is 4.56. The molecule has 0 radical (unpaired) electrons. The molecule has 1 aliphatic carbocycles. The highest BCUT2D eigenvalue weighted by Gasteiger charge is 2.33. The van der Waals surface area contributed by atoms with Crippen molar-refractivity contribution in [1.29, 1.82) is 0 Å². The van der Waals surface area contributed by atoms with E-state index < -0.39 is 11.6 Å². The minimum atomic E-state index is -0.729. The molecule has 1 amide bonds. The Bertz CT molecular complexity index is 991. The van der Waals surface area contributed by atoms with Crippen LogP contribution in [0.5, 0.6) is 0 Å². The van der Waals surface area contributed by atoms with Crippen molar-refractivity contribution in [3.05, 3.63) is 76.5 Å². The standard InChI is InChI=1S/C20H18FN3O3/c21-16-10-8-15(9-11-16)19-23-24(20(26)27-19)12-17(25)22-18(14-6-7-14)13-4-2-1-3-5-13/h1-5,8-11,14,18H,6-7,12H2,(H,22,25). The lowest BCUT2D eigenvalue weighted by Gasteiger charge is -2.18. The number of aromatic nitrogens is 2. The van der Waals surface area contributed by atoms with Crippen LogP contribution in [0.25, 0.3) is 11.5 Å². The Balaban J connectivity index is 1.48. The van der Waals surface area contributed by atoms with Crippen LogP contribution in [0.15, 0.2) is 63.8 Å². The first-order valence-electron chi connectivity index (χ1n) is 8.78. The monoisotopic (exact) mass is 367 g/mol. The van der Waals surface area contributed by atoms with Gasteiger partial charge in [-0.1, -0.05) is 30.3 Å². The largest absolute Gasteiger partial charge is 0.437 e. The summed E-state index contributed by atoms with van der Waals surface area (Å²) in [6.45, 7) is -0.237. The van der Waals surface area contributed by atoms with Gasteiger partial charge in [-0.2, -0.15) is 4.68 Å². The van der Waals surface area contributed by atoms with Crippen molar-refractivity contribution in [3.63, 3.8) is 0 Å². The molecule has 6 nitrogen and oxygen atoms in total. The van der Waals surface area contributed by atoms with Crippen LogP contribution in [0.3, 0.4) is 0 Å². The lowest BCUT2D eigenvalue weighted by Crippen LogP contribution is -2.35. The van der Waals surface area contributed by atoms with Gasteiger partial charge in [-0.15, -0.1) is 5.10 Å². The van der Waals surface area contributed by atoms with Crippen molar-refractivity contribution in [3.8, 4) is 11.5 Å². The van der Waals surface area contributed by atoms with Crippen LogP contribution in [0, 0.1) is 11.7 Å². The van der Waals surface area contributed by atoms with E-state index in [0.717, 1.165) is 23.1 Å². The predicted molar refractivity (Wildman–Crippen MR) is 96.2 cm³/mol. The molecular formula is C20H18FN3O3. The molecule has 3 aromatic rings. The molecule has 0 saturated heterocycles. The number of benzene rings is 2. The van der Waals surface area contributed by atoms with E-state index in [-0.39, 0.29) is 24.4 Å². The van der Waals surface area contributed by atoms with Gasteiger partial charge in [0.2, 0.25) is 11.8 Å². The lowest BCUT2D eigenvalue weighted by atomic mass is 10.0. The van der Waals surface area contributed by atoms with Crippen LogP contribution in [0.1, 0.15) is 24.4 Å². The Kier molecular flexibility index (Phi) is 4.58. The second kappa shape index (κ2) is 7.19. The first-order valence-corrected chi connectivity index (χ1v) is 8.78. The van der Waals surface area contributed by atoms with E-state index >= 15 is 0 Å². The van der Waals surface area contributed by atoms with Gasteiger partial charge in [-0.25, -0.2) is 9.18 Å². The van der Waals surface area contributed by atoms with Crippen LogP contribution in [-0.2, 0) is 11.3 Å². The Morgan fingerprint density at radius 1 is 1.19 bits per heavy atom. The van der Waals surface area contributed by atoms with Crippen LogP contribution >= 0.6 is 0 Å². The van der Waals surface area contributed by atoms with E-state index in [1.165, 1.54) is 24.3 Å². The Labute approximate surface area is 154 Å². The third-order valence-electron chi connectivity index (χ3n) is 4.56. The topological polar surface area (TPSA) is 77.1 Å². The maximum absolute atomic E-state index is 13.0. The number of halogens is 1. The SMILES string of the molecule is O=C(Cn1nc(-c2ccc(F)cc2)oc1=O)NC(c1ccccc1)C1CC1. The predicted octanol–water partition coefficient (Wildman–Crippen LogP) is 2.91. The third kappa shape index (κ3) is 3.97. The molecule has 7 heteroatoms. The molecule has 1 fully saturated rings. The fraction of sp³-hybridized carbons (Fsp3) is 0.250. The summed E-state index contributed by atoms with van der Waals surface area (Å²) in [5, 5.41) is 7.04. The molecule has 0 aliphatic heterocycles. The quantitative estimate of drug-likeness (QED) is 0.727. The van der Waals surface area contributed by atoms with Crippen LogP contribution in [-0.4, -0.2) is 15.7 Å². The smallest absolute Gasteiger partial charge is 0.388 e. The van der Waals surface area contributed by atoms with Gasteiger partial charge in [0, 0.05) is 5.56 Å². The average molecular weight is 367 g/mol. The van der Waals surface area contributed by atoms with Gasteiger partial charge in [-0.05, 0) is 48.6 Å². The van der Waals surface area contributed by atoms with Gasteiger partial charge < -0.3 is 9.73 Å². The molecular weight excluding hydrogens is 349 g/mol. The molecule has 4 rings (SSSR count). The van der Waals surface area contributed by atoms with Crippen LogP contribution < -0.4 is 11.1 Å². The van der Waals surface area contributed by atoms with Gasteiger partial charge >= 0.3 is 5.76 Å². The molecule has 0 bridgehead atoms. The molecule has 27 heavy (non-hydrogen) atoms. The number of hydrogen-bond acceptors (Lipinski definition) is 4. The second-order valence-electron chi connectivity index (χ2n) is 6.63. The molecule has 1 heterocycles. The zero-order valence-corrected chi connectivity index (χ0v) is 14.5. The van der Waals surface area contributed by atoms with Crippen molar-refractivity contribution < 1.29 is 13.6 Å². The number of nitrogens with one attached hydrogen (secondary N) is 1. The van der Waals surface area contributed by atoms with Crippen LogP contribution in [0.2, 0.25) is 0 Å². The first-order chi connectivity index (χ1) is 13.1. The summed E-state index contributed by atoms with van der Waals surface area (Å²) in [7, 11) is 0. The zero-order valence-electron chi connectivity index (χ0n) is 14.5. The second-order valence-corrected chi connectivity index (χ2v) is 6.63. The molecule has 0 spiro atoms. The van der Waals surface area contributed by atoms with Crippen molar-refractivity contribution in [2.75, 3.05) is 0 Å². The van der Waals surface area contributed by atoms with Gasteiger partial charge in [0.15, 0.2) is 0 Å². The number of carbonyl (C=O) groups excluding carboxylic acids is 1. The van der Waals surface area contributed by atoms with E-state index in [1.54, 1.807) is 0 Å². The molecule has 1 aliphatic rings. The summed E-state index contributed by atoms with van der Waals surface area (Å²) in [5.74, 6) is -0.967. The molecule has 1 unspecified atom stereocenters. The van der Waals surface area contributed by atoms with Crippen molar-refractivity contribution in [1.82, 2.24) is 15.1 Å². The molecule has 1 N–H and O–H groups in total. The minimum Gasteiger partial charge on any atom is -0.388 e. The summed E-state index contributed by atoms with van der Waals surface area (Å²) < 4.78 is 19.1. The highest BCUT2D eigenvalue weighted by atomic mass is 19.1. The van der Waals surface area contributed by atoms with Crippen molar-refractivity contribution in [2.24, 2.45) is 5.92 Å². The summed E-state index contributed by atoms with van der Waals surface area (Å²) in [6, 6.07) is 15.1. The van der Waals surface area contributed by atoms with Crippen molar-refractivity contribution in [2.45, 2.75) is 25.4 Å². The van der Waals surface area contributed by atoms with Crippen LogP contribution in [0.4, 0.5) is 4.39 Å². The molecule has 1 saturated carbocycles. The average Bonchev–Trinajstić information content (AvgIpc) is 3.45. The summed E-state index contributed by atoms with van der Waals surface area (Å²) in [4.78, 5) is 24.5. The summed E-state index contributed by atoms with van der Waals surface area (Å²) in [6.07, 6.45) is 2.14. The minimum absolute atomic E-state index is 0.0506. The number of hydrogen-bond donors (Lipinski definition) is 1. The van der Waals surface area contributed by atoms with Gasteiger partial charge in [-0.3, -0.25) is 4.79 Å². The number of amides is 1. The van der Waals surface area contributed by atoms with E-state index in [9.17, 15) is 14.0 Å². The fourth-order valence-electron chi connectivity index (χ4n) is 3.03. The number of carbonyl (C=O) groups is 1. The normalized spacial score (nSPS) is 14.7. The van der Waals surface area contributed by atoms with Gasteiger partial charge in [0.1, 0.15) is 12.4 Å². The Morgan fingerprint density at radius 3 is 2.56 bits per heavy atom. The van der Waals surface area contributed by atoms with E-state index in [4.69, 9.17) is 4.42 Å². The van der Waals surface area contributed by atoms with Gasteiger partial charge in [0.05, 0.1) is 6.04 Å². The summed E-state index contributed by atoms with van der Waals surface area (Å²) >= 11 is 0. The Hall–Kier alpha value is -3.22. The Morgan fingerprint density at radius 2 is 1.89 bits per heavy atom. The summed E-state index contributed by atoms with van der Waals surface area (Å²) in [5.41, 5.74) is 1.51. The maximum Gasteiger partial charge on any atom is 0.437 e. The van der Waals surface area contributed by atoms with E-state index in [1.807, 2.05) is 30.3 Å². The fourth-order valence-corrected chi connectivity index (χ4v) is 3.03. The molecule has 1 aromatic heterocycles. The van der Waals surface area contributed by atoms with E-state index in [0.29, 0.717) is 11.5 Å². The first kappa shape index (κ1) is 17.2. The van der Waals surface area contributed by atoms with Gasteiger partial charge in [0.25, 0.3) is 0 Å².